The van der Waals surface area contributed by atoms with E-state index in [4.69, 9.17) is 0 Å². The fourth-order valence-electron chi connectivity index (χ4n) is 3.27. The van der Waals surface area contributed by atoms with E-state index in [1.807, 2.05) is 0 Å². The molecule has 1 aliphatic rings. The van der Waals surface area contributed by atoms with E-state index in [9.17, 15) is 0 Å². The molecule has 0 fully saturated rings. The lowest BCUT2D eigenvalue weighted by Crippen LogP contribution is -1.90. The Morgan fingerprint density at radius 1 is 0.905 bits per heavy atom. The summed E-state index contributed by atoms with van der Waals surface area (Å²) in [6.07, 6.45) is 3.40. The molecule has 0 nitrogen and oxygen atoms in total. The highest BCUT2D eigenvalue weighted by atomic mass is 79.9. The lowest BCUT2D eigenvalue weighted by Gasteiger charge is -2.13. The highest BCUT2D eigenvalue weighted by molar-refractivity contribution is 9.10. The number of halogens is 1. The van der Waals surface area contributed by atoms with Crippen LogP contribution in [0.3, 0.4) is 0 Å². The zero-order valence-electron chi connectivity index (χ0n) is 11.9. The fraction of sp³-hybridized carbons (Fsp3) is 0.100. The van der Waals surface area contributed by atoms with Gasteiger partial charge in [0.05, 0.1) is 0 Å². The number of hydrogen-bond donors (Lipinski definition) is 0. The molecule has 0 aromatic heterocycles. The molecule has 0 saturated carbocycles. The van der Waals surface area contributed by atoms with Crippen molar-refractivity contribution in [3.63, 3.8) is 0 Å². The summed E-state index contributed by atoms with van der Waals surface area (Å²) in [4.78, 5) is 0. The molecule has 4 rings (SSSR count). The smallest absolute Gasteiger partial charge is 0.0260 e. The molecule has 0 aliphatic heterocycles. The molecule has 21 heavy (non-hydrogen) atoms. The molecular formula is C20H15Br. The molecule has 0 unspecified atom stereocenters. The van der Waals surface area contributed by atoms with Gasteiger partial charge in [0.1, 0.15) is 0 Å². The Kier molecular flexibility index (Phi) is 2.97. The molecule has 0 atom stereocenters. The van der Waals surface area contributed by atoms with Crippen LogP contribution in [0, 0.1) is 0 Å². The van der Waals surface area contributed by atoms with Crippen molar-refractivity contribution in [2.24, 2.45) is 0 Å². The van der Waals surface area contributed by atoms with Gasteiger partial charge in [-0.15, -0.1) is 0 Å². The maximum Gasteiger partial charge on any atom is 0.0260 e. The Labute approximate surface area is 133 Å². The summed E-state index contributed by atoms with van der Waals surface area (Å²) >= 11 is 3.76. The first kappa shape index (κ1) is 12.8. The van der Waals surface area contributed by atoms with Crippen molar-refractivity contribution in [1.82, 2.24) is 0 Å². The SMILES string of the molecule is CC1=Cc2c(ccc(Br)c2-c2cccc3ccccc23)C1. The Morgan fingerprint density at radius 2 is 1.71 bits per heavy atom. The Bertz CT molecular complexity index is 882. The van der Waals surface area contributed by atoms with Crippen molar-refractivity contribution in [2.75, 3.05) is 0 Å². The summed E-state index contributed by atoms with van der Waals surface area (Å²) in [5, 5.41) is 2.60. The number of allylic oxidation sites excluding steroid dienone is 1. The van der Waals surface area contributed by atoms with E-state index in [0.29, 0.717) is 0 Å². The minimum atomic E-state index is 1.07. The molecule has 0 spiro atoms. The van der Waals surface area contributed by atoms with Crippen LogP contribution < -0.4 is 0 Å². The second-order valence-corrected chi connectivity index (χ2v) is 6.54. The summed E-state index contributed by atoms with van der Waals surface area (Å²) in [5.74, 6) is 0. The van der Waals surface area contributed by atoms with Gasteiger partial charge in [0.2, 0.25) is 0 Å². The van der Waals surface area contributed by atoms with E-state index in [1.54, 1.807) is 0 Å². The largest absolute Gasteiger partial charge is 0.0683 e. The zero-order chi connectivity index (χ0) is 14.4. The third-order valence-electron chi connectivity index (χ3n) is 4.20. The van der Waals surface area contributed by atoms with Crippen molar-refractivity contribution in [1.29, 1.82) is 0 Å². The summed E-state index contributed by atoms with van der Waals surface area (Å²) in [7, 11) is 0. The average Bonchev–Trinajstić information content (AvgIpc) is 2.87. The number of benzene rings is 3. The quantitative estimate of drug-likeness (QED) is 0.494. The Balaban J connectivity index is 2.09. The minimum absolute atomic E-state index is 1.07. The standard InChI is InChI=1S/C20H15Br/c1-13-11-15-9-10-19(21)20(18(15)12-13)17-8-4-6-14-5-2-3-7-16(14)17/h2-10,12H,11H2,1H3. The van der Waals surface area contributed by atoms with Crippen LogP contribution in [0.1, 0.15) is 18.1 Å². The lowest BCUT2D eigenvalue weighted by atomic mass is 9.93. The van der Waals surface area contributed by atoms with Crippen molar-refractivity contribution in [2.45, 2.75) is 13.3 Å². The lowest BCUT2D eigenvalue weighted by molar-refractivity contribution is 1.19. The van der Waals surface area contributed by atoms with Gasteiger partial charge in [0.25, 0.3) is 0 Å². The third kappa shape index (κ3) is 2.04. The molecule has 0 N–H and O–H groups in total. The monoisotopic (exact) mass is 334 g/mol. The zero-order valence-corrected chi connectivity index (χ0v) is 13.4. The number of rotatable bonds is 1. The van der Waals surface area contributed by atoms with E-state index in [-0.39, 0.29) is 0 Å². The first-order chi connectivity index (χ1) is 10.2. The van der Waals surface area contributed by atoms with Crippen LogP contribution >= 0.6 is 15.9 Å². The molecule has 0 saturated heterocycles. The summed E-state index contributed by atoms with van der Waals surface area (Å²) < 4.78 is 1.17. The van der Waals surface area contributed by atoms with Crippen LogP contribution in [0.5, 0.6) is 0 Å². The van der Waals surface area contributed by atoms with Gasteiger partial charge in [-0.1, -0.05) is 76.1 Å². The number of hydrogen-bond acceptors (Lipinski definition) is 0. The summed E-state index contributed by atoms with van der Waals surface area (Å²) in [5.41, 5.74) is 6.87. The van der Waals surface area contributed by atoms with Gasteiger partial charge >= 0.3 is 0 Å². The van der Waals surface area contributed by atoms with E-state index in [1.165, 1.54) is 43.1 Å². The van der Waals surface area contributed by atoms with Crippen molar-refractivity contribution in [3.05, 3.63) is 75.8 Å². The molecule has 0 bridgehead atoms. The minimum Gasteiger partial charge on any atom is -0.0683 e. The van der Waals surface area contributed by atoms with E-state index in [2.05, 4.69) is 83.5 Å². The number of fused-ring (bicyclic) bond motifs is 2. The van der Waals surface area contributed by atoms with Gasteiger partial charge < -0.3 is 0 Å². The van der Waals surface area contributed by atoms with Gasteiger partial charge in [0.15, 0.2) is 0 Å². The molecule has 102 valence electrons. The molecular weight excluding hydrogens is 320 g/mol. The highest BCUT2D eigenvalue weighted by Gasteiger charge is 2.18. The van der Waals surface area contributed by atoms with Gasteiger partial charge in [-0.05, 0) is 46.9 Å². The van der Waals surface area contributed by atoms with Crippen molar-refractivity contribution in [3.8, 4) is 11.1 Å². The third-order valence-corrected chi connectivity index (χ3v) is 4.86. The second kappa shape index (κ2) is 4.85. The van der Waals surface area contributed by atoms with Gasteiger partial charge in [-0.25, -0.2) is 0 Å². The molecule has 0 radical (unpaired) electrons. The maximum absolute atomic E-state index is 3.76. The fourth-order valence-corrected chi connectivity index (χ4v) is 3.83. The molecule has 0 amide bonds. The van der Waals surface area contributed by atoms with Crippen LogP contribution in [0.25, 0.3) is 28.0 Å². The van der Waals surface area contributed by atoms with Crippen molar-refractivity contribution < 1.29 is 0 Å². The van der Waals surface area contributed by atoms with Gasteiger partial charge in [-0.3, -0.25) is 0 Å². The normalized spacial score (nSPS) is 13.3. The first-order valence-corrected chi connectivity index (χ1v) is 8.00. The molecule has 3 aromatic carbocycles. The molecule has 1 heteroatoms. The van der Waals surface area contributed by atoms with E-state index in [0.717, 1.165) is 6.42 Å². The van der Waals surface area contributed by atoms with E-state index < -0.39 is 0 Å². The van der Waals surface area contributed by atoms with Gasteiger partial charge in [0, 0.05) is 10.0 Å². The maximum atomic E-state index is 3.76. The Morgan fingerprint density at radius 3 is 2.62 bits per heavy atom. The molecule has 0 heterocycles. The highest BCUT2D eigenvalue weighted by Crippen LogP contribution is 2.41. The summed E-state index contributed by atoms with van der Waals surface area (Å²) in [6, 6.07) is 19.6. The van der Waals surface area contributed by atoms with Crippen LogP contribution in [-0.4, -0.2) is 0 Å². The van der Waals surface area contributed by atoms with Crippen molar-refractivity contribution >= 4 is 32.8 Å². The van der Waals surface area contributed by atoms with Crippen LogP contribution in [0.2, 0.25) is 0 Å². The topological polar surface area (TPSA) is 0 Å². The average molecular weight is 335 g/mol. The predicted octanol–water partition coefficient (Wildman–Crippen LogP) is 6.23. The van der Waals surface area contributed by atoms with Crippen LogP contribution in [0.4, 0.5) is 0 Å². The first-order valence-electron chi connectivity index (χ1n) is 7.21. The van der Waals surface area contributed by atoms with Gasteiger partial charge in [-0.2, -0.15) is 0 Å². The predicted molar refractivity (Wildman–Crippen MR) is 94.4 cm³/mol. The summed E-state index contributed by atoms with van der Waals surface area (Å²) in [6.45, 7) is 2.21. The molecule has 3 aromatic rings. The van der Waals surface area contributed by atoms with E-state index >= 15 is 0 Å². The molecule has 1 aliphatic carbocycles. The van der Waals surface area contributed by atoms with Crippen LogP contribution in [-0.2, 0) is 6.42 Å². The second-order valence-electron chi connectivity index (χ2n) is 5.69. The van der Waals surface area contributed by atoms with Crippen LogP contribution in [0.15, 0.2) is 64.6 Å². The Hall–Kier alpha value is -1.86.